The van der Waals surface area contributed by atoms with Crippen molar-refractivity contribution in [1.82, 2.24) is 5.32 Å². The van der Waals surface area contributed by atoms with Crippen LogP contribution in [0.1, 0.15) is 25.7 Å². The lowest BCUT2D eigenvalue weighted by atomic mass is 9.96. The van der Waals surface area contributed by atoms with Crippen LogP contribution in [0.25, 0.3) is 0 Å². The molecule has 0 aromatic rings. The predicted octanol–water partition coefficient (Wildman–Crippen LogP) is 1.41. The van der Waals surface area contributed by atoms with Gasteiger partial charge in [-0.2, -0.15) is 0 Å². The molecule has 3 unspecified atom stereocenters. The molecule has 0 amide bonds. The molecule has 0 saturated heterocycles. The minimum Gasteiger partial charge on any atom is -0.241 e. The molecule has 1 radical (unpaired) electrons. The summed E-state index contributed by atoms with van der Waals surface area (Å²) in [7, 11) is 1.98. The predicted molar refractivity (Wildman–Crippen MR) is 37.3 cm³/mol. The summed E-state index contributed by atoms with van der Waals surface area (Å²) >= 11 is 0. The largest absolute Gasteiger partial charge is 0.241 e. The van der Waals surface area contributed by atoms with Crippen LogP contribution in [0.2, 0.25) is 0 Å². The first-order valence-electron chi connectivity index (χ1n) is 3.99. The average Bonchev–Trinajstić information content (AvgIpc) is 2.45. The molecule has 0 aromatic carbocycles. The SMILES string of the molecule is C[N]C1CC2CCC1C2. The topological polar surface area (TPSA) is 14.1 Å². The molecule has 0 N–H and O–H groups in total. The van der Waals surface area contributed by atoms with Gasteiger partial charge in [-0.15, -0.1) is 0 Å². The molecular weight excluding hydrogens is 110 g/mol. The molecule has 2 bridgehead atoms. The highest BCUT2D eigenvalue weighted by atomic mass is 14.9. The lowest BCUT2D eigenvalue weighted by molar-refractivity contribution is 0.367. The second kappa shape index (κ2) is 1.98. The molecule has 2 aliphatic rings. The van der Waals surface area contributed by atoms with Crippen molar-refractivity contribution in [2.45, 2.75) is 31.7 Å². The quantitative estimate of drug-likeness (QED) is 0.502. The minimum absolute atomic E-state index is 0.753. The summed E-state index contributed by atoms with van der Waals surface area (Å²) < 4.78 is 0. The average molecular weight is 124 g/mol. The molecule has 2 aliphatic carbocycles. The van der Waals surface area contributed by atoms with Crippen LogP contribution in [0.15, 0.2) is 0 Å². The first-order chi connectivity index (χ1) is 4.40. The maximum Gasteiger partial charge on any atom is 0.0273 e. The maximum atomic E-state index is 4.37. The van der Waals surface area contributed by atoms with E-state index in [4.69, 9.17) is 0 Å². The van der Waals surface area contributed by atoms with E-state index >= 15 is 0 Å². The van der Waals surface area contributed by atoms with Crippen LogP contribution < -0.4 is 5.32 Å². The summed E-state index contributed by atoms with van der Waals surface area (Å²) in [4.78, 5) is 0. The second-order valence-electron chi connectivity index (χ2n) is 3.50. The van der Waals surface area contributed by atoms with Gasteiger partial charge in [0.15, 0.2) is 0 Å². The lowest BCUT2D eigenvalue weighted by Crippen LogP contribution is -2.24. The molecule has 0 aliphatic heterocycles. The van der Waals surface area contributed by atoms with Crippen LogP contribution in [0, 0.1) is 11.8 Å². The highest BCUT2D eigenvalue weighted by Gasteiger charge is 2.38. The molecule has 1 heteroatoms. The van der Waals surface area contributed by atoms with Crippen molar-refractivity contribution >= 4 is 0 Å². The number of rotatable bonds is 1. The van der Waals surface area contributed by atoms with E-state index in [2.05, 4.69) is 5.32 Å². The Balaban J connectivity index is 2.01. The van der Waals surface area contributed by atoms with E-state index in [9.17, 15) is 0 Å². The fraction of sp³-hybridized carbons (Fsp3) is 1.00. The molecule has 2 saturated carbocycles. The fourth-order valence-electron chi connectivity index (χ4n) is 2.53. The summed E-state index contributed by atoms with van der Waals surface area (Å²) in [6.45, 7) is 0. The second-order valence-corrected chi connectivity index (χ2v) is 3.50. The van der Waals surface area contributed by atoms with E-state index in [1.807, 2.05) is 7.05 Å². The van der Waals surface area contributed by atoms with Crippen LogP contribution in [-0.4, -0.2) is 13.1 Å². The van der Waals surface area contributed by atoms with Gasteiger partial charge in [0.05, 0.1) is 0 Å². The highest BCUT2D eigenvalue weighted by Crippen LogP contribution is 2.44. The zero-order chi connectivity index (χ0) is 6.27. The van der Waals surface area contributed by atoms with Gasteiger partial charge < -0.3 is 0 Å². The van der Waals surface area contributed by atoms with Crippen molar-refractivity contribution in [2.75, 3.05) is 7.05 Å². The Bertz CT molecular complexity index is 111. The molecule has 9 heavy (non-hydrogen) atoms. The van der Waals surface area contributed by atoms with Crippen molar-refractivity contribution in [3.05, 3.63) is 0 Å². The number of nitrogens with zero attached hydrogens (tertiary/aromatic N) is 1. The van der Waals surface area contributed by atoms with Crippen molar-refractivity contribution in [3.63, 3.8) is 0 Å². The van der Waals surface area contributed by atoms with Crippen molar-refractivity contribution < 1.29 is 0 Å². The summed E-state index contributed by atoms with van der Waals surface area (Å²) in [5.74, 6) is 2.05. The monoisotopic (exact) mass is 124 g/mol. The normalized spacial score (nSPS) is 48.3. The van der Waals surface area contributed by atoms with E-state index in [1.54, 1.807) is 0 Å². The number of hydrogen-bond donors (Lipinski definition) is 0. The molecule has 0 spiro atoms. The Hall–Kier alpha value is -0.0400. The zero-order valence-electron chi connectivity index (χ0n) is 6.01. The first-order valence-corrected chi connectivity index (χ1v) is 3.99. The van der Waals surface area contributed by atoms with E-state index in [-0.39, 0.29) is 0 Å². The van der Waals surface area contributed by atoms with Crippen molar-refractivity contribution in [3.8, 4) is 0 Å². The molecule has 51 valence electrons. The van der Waals surface area contributed by atoms with Crippen LogP contribution in [-0.2, 0) is 0 Å². The lowest BCUT2D eigenvalue weighted by Gasteiger charge is -2.18. The van der Waals surface area contributed by atoms with Gasteiger partial charge in [-0.05, 0) is 31.1 Å². The van der Waals surface area contributed by atoms with Crippen LogP contribution >= 0.6 is 0 Å². The third kappa shape index (κ3) is 0.787. The molecule has 2 rings (SSSR count). The molecule has 2 fully saturated rings. The van der Waals surface area contributed by atoms with Gasteiger partial charge >= 0.3 is 0 Å². The Labute approximate surface area is 56.8 Å². The number of fused-ring (bicyclic) bond motifs is 2. The maximum absolute atomic E-state index is 4.37. The van der Waals surface area contributed by atoms with E-state index in [0.29, 0.717) is 0 Å². The third-order valence-electron chi connectivity index (χ3n) is 3.03. The molecule has 0 aromatic heterocycles. The summed E-state index contributed by atoms with van der Waals surface area (Å²) in [6.07, 6.45) is 5.85. The fourth-order valence-corrected chi connectivity index (χ4v) is 2.53. The summed E-state index contributed by atoms with van der Waals surface area (Å²) in [5.41, 5.74) is 0. The van der Waals surface area contributed by atoms with Crippen LogP contribution in [0.4, 0.5) is 0 Å². The Kier molecular flexibility index (Phi) is 1.26. The van der Waals surface area contributed by atoms with Crippen molar-refractivity contribution in [2.24, 2.45) is 11.8 Å². The molecule has 0 heterocycles. The Morgan fingerprint density at radius 3 is 2.44 bits per heavy atom. The van der Waals surface area contributed by atoms with Crippen LogP contribution in [0.5, 0.6) is 0 Å². The Morgan fingerprint density at radius 1 is 1.22 bits per heavy atom. The minimum atomic E-state index is 0.753. The van der Waals surface area contributed by atoms with E-state index in [1.165, 1.54) is 25.7 Å². The van der Waals surface area contributed by atoms with E-state index in [0.717, 1.165) is 17.9 Å². The van der Waals surface area contributed by atoms with Gasteiger partial charge in [0.1, 0.15) is 0 Å². The zero-order valence-corrected chi connectivity index (χ0v) is 6.01. The molecule has 3 atom stereocenters. The number of hydrogen-bond acceptors (Lipinski definition) is 0. The smallest absolute Gasteiger partial charge is 0.0273 e. The first kappa shape index (κ1) is 5.72. The summed E-state index contributed by atoms with van der Waals surface area (Å²) in [5, 5.41) is 4.37. The van der Waals surface area contributed by atoms with Gasteiger partial charge in [0.25, 0.3) is 0 Å². The Morgan fingerprint density at radius 2 is 2.11 bits per heavy atom. The van der Waals surface area contributed by atoms with Crippen molar-refractivity contribution in [1.29, 1.82) is 0 Å². The molecule has 1 nitrogen and oxygen atoms in total. The van der Waals surface area contributed by atoms with Gasteiger partial charge in [-0.3, -0.25) is 0 Å². The molecular formula is C8H14N. The van der Waals surface area contributed by atoms with Gasteiger partial charge in [0, 0.05) is 13.1 Å². The van der Waals surface area contributed by atoms with Gasteiger partial charge in [0.2, 0.25) is 0 Å². The standard InChI is InChI=1S/C8H14N/c1-9-8-5-6-2-3-7(8)4-6/h6-8H,2-5H2,1H3. The third-order valence-corrected chi connectivity index (χ3v) is 3.03. The van der Waals surface area contributed by atoms with Gasteiger partial charge in [-0.25, -0.2) is 5.32 Å². The van der Waals surface area contributed by atoms with Crippen LogP contribution in [0.3, 0.4) is 0 Å². The highest BCUT2D eigenvalue weighted by molar-refractivity contribution is 4.93. The summed E-state index contributed by atoms with van der Waals surface area (Å²) in [6, 6.07) is 0.753. The van der Waals surface area contributed by atoms with Gasteiger partial charge in [-0.1, -0.05) is 6.42 Å². The van der Waals surface area contributed by atoms with E-state index < -0.39 is 0 Å².